The lowest BCUT2D eigenvalue weighted by Crippen LogP contribution is -2.13. The highest BCUT2D eigenvalue weighted by atomic mass is 16.6. The second-order valence-electron chi connectivity index (χ2n) is 10.2. The molecule has 0 aliphatic heterocycles. The van der Waals surface area contributed by atoms with Crippen LogP contribution in [-0.4, -0.2) is 30.1 Å². The zero-order valence-corrected chi connectivity index (χ0v) is 24.1. The molecule has 0 aliphatic rings. The van der Waals surface area contributed by atoms with Crippen molar-refractivity contribution in [2.24, 2.45) is 5.92 Å². The number of carbonyl (C=O) groups is 2. The lowest BCUT2D eigenvalue weighted by atomic mass is 10.0. The van der Waals surface area contributed by atoms with E-state index in [2.05, 4.69) is 6.92 Å². The third kappa shape index (κ3) is 9.74. The average molecular weight is 562 g/mol. The summed E-state index contributed by atoms with van der Waals surface area (Å²) in [4.78, 5) is 36.0. The van der Waals surface area contributed by atoms with Gasteiger partial charge < -0.3 is 14.2 Å². The number of esters is 2. The van der Waals surface area contributed by atoms with Crippen LogP contribution in [0.1, 0.15) is 86.4 Å². The maximum Gasteiger partial charge on any atom is 0.343 e. The summed E-state index contributed by atoms with van der Waals surface area (Å²) in [6, 6.07) is 18.2. The fourth-order valence-corrected chi connectivity index (χ4v) is 4.07. The number of unbranched alkanes of at least 4 members (excludes halogenated alkanes) is 5. The summed E-state index contributed by atoms with van der Waals surface area (Å²) in [7, 11) is 0. The van der Waals surface area contributed by atoms with Crippen molar-refractivity contribution in [3.63, 3.8) is 0 Å². The van der Waals surface area contributed by atoms with Gasteiger partial charge in [0.25, 0.3) is 0 Å². The van der Waals surface area contributed by atoms with Crippen molar-refractivity contribution < 1.29 is 28.7 Å². The molecule has 8 heteroatoms. The Morgan fingerprint density at radius 3 is 2.05 bits per heavy atom. The highest BCUT2D eigenvalue weighted by molar-refractivity contribution is 5.93. The molecule has 1 atom stereocenters. The van der Waals surface area contributed by atoms with Crippen molar-refractivity contribution in [1.82, 2.24) is 0 Å². The number of carbonyl (C=O) groups excluding carboxylic acids is 2. The SMILES string of the molecule is CCCCCCCCOc1ccc(-c2ccc(C(=O)Oc3ccc(C(=O)OC[C@@H](C)CC)cc3[N+](=O)[O-])cc2)cc1. The molecule has 0 aromatic heterocycles. The highest BCUT2D eigenvalue weighted by Gasteiger charge is 2.22. The van der Waals surface area contributed by atoms with Crippen LogP contribution in [0.25, 0.3) is 11.1 Å². The van der Waals surface area contributed by atoms with Crippen LogP contribution in [0.2, 0.25) is 0 Å². The zero-order chi connectivity index (χ0) is 29.6. The van der Waals surface area contributed by atoms with E-state index in [1.807, 2.05) is 38.1 Å². The number of hydrogen-bond donors (Lipinski definition) is 0. The van der Waals surface area contributed by atoms with Gasteiger partial charge in [0, 0.05) is 6.07 Å². The largest absolute Gasteiger partial charge is 0.494 e. The van der Waals surface area contributed by atoms with Gasteiger partial charge in [-0.3, -0.25) is 10.1 Å². The van der Waals surface area contributed by atoms with E-state index in [4.69, 9.17) is 14.2 Å². The maximum absolute atomic E-state index is 12.8. The van der Waals surface area contributed by atoms with E-state index < -0.39 is 22.5 Å². The van der Waals surface area contributed by atoms with Crippen molar-refractivity contribution in [1.29, 1.82) is 0 Å². The van der Waals surface area contributed by atoms with E-state index in [0.717, 1.165) is 35.8 Å². The van der Waals surface area contributed by atoms with Gasteiger partial charge in [0.05, 0.1) is 29.3 Å². The average Bonchev–Trinajstić information content (AvgIpc) is 2.99. The minimum absolute atomic E-state index is 0.0167. The number of nitro groups is 1. The number of hydrogen-bond acceptors (Lipinski definition) is 7. The second-order valence-corrected chi connectivity index (χ2v) is 10.2. The number of nitrogens with zero attached hydrogens (tertiary/aromatic N) is 1. The Bertz CT molecular complexity index is 1290. The Hall–Kier alpha value is -4.20. The molecule has 0 saturated carbocycles. The van der Waals surface area contributed by atoms with Gasteiger partial charge in [-0.15, -0.1) is 0 Å². The molecule has 0 bridgehead atoms. The quantitative estimate of drug-likeness (QED) is 0.0568. The monoisotopic (exact) mass is 561 g/mol. The predicted molar refractivity (Wildman–Crippen MR) is 159 cm³/mol. The molecule has 0 N–H and O–H groups in total. The molecule has 0 unspecified atom stereocenters. The molecule has 3 aromatic carbocycles. The molecule has 0 heterocycles. The molecule has 0 aliphatic carbocycles. The predicted octanol–water partition coefficient (Wildman–Crippen LogP) is 8.42. The third-order valence-electron chi connectivity index (χ3n) is 6.86. The fourth-order valence-electron chi connectivity index (χ4n) is 4.07. The first-order valence-electron chi connectivity index (χ1n) is 14.3. The molecule has 218 valence electrons. The first-order chi connectivity index (χ1) is 19.8. The molecule has 3 aromatic rings. The minimum Gasteiger partial charge on any atom is -0.494 e. The van der Waals surface area contributed by atoms with Crippen molar-refractivity contribution in [3.8, 4) is 22.6 Å². The van der Waals surface area contributed by atoms with Crippen LogP contribution in [0.5, 0.6) is 11.5 Å². The third-order valence-corrected chi connectivity index (χ3v) is 6.86. The topological polar surface area (TPSA) is 105 Å². The molecular formula is C33H39NO7. The standard InChI is InChI=1S/C33H39NO7/c1-4-6-7-8-9-10-21-39-29-18-15-26(16-19-29)25-11-13-27(14-12-25)33(36)41-31-20-17-28(22-30(31)34(37)38)32(35)40-23-24(3)5-2/h11-20,22,24H,4-10,21,23H2,1-3H3/t24-/m0/s1. The van der Waals surface area contributed by atoms with Crippen molar-refractivity contribution in [2.45, 2.75) is 65.7 Å². The molecule has 0 spiro atoms. The second kappa shape index (κ2) is 16.2. The van der Waals surface area contributed by atoms with Crippen molar-refractivity contribution in [2.75, 3.05) is 13.2 Å². The fraction of sp³-hybridized carbons (Fsp3) is 0.394. The van der Waals surface area contributed by atoms with E-state index in [1.165, 1.54) is 44.2 Å². The van der Waals surface area contributed by atoms with Crippen LogP contribution in [0, 0.1) is 16.0 Å². The van der Waals surface area contributed by atoms with Crippen LogP contribution < -0.4 is 9.47 Å². The van der Waals surface area contributed by atoms with Gasteiger partial charge in [-0.1, -0.05) is 83.6 Å². The van der Waals surface area contributed by atoms with E-state index >= 15 is 0 Å². The summed E-state index contributed by atoms with van der Waals surface area (Å²) >= 11 is 0. The Balaban J connectivity index is 1.58. The molecule has 41 heavy (non-hydrogen) atoms. The van der Waals surface area contributed by atoms with Crippen molar-refractivity contribution in [3.05, 3.63) is 88.0 Å². The van der Waals surface area contributed by atoms with E-state index in [-0.39, 0.29) is 29.4 Å². The number of ether oxygens (including phenoxy) is 3. The molecule has 0 fully saturated rings. The van der Waals surface area contributed by atoms with Crippen LogP contribution in [0.3, 0.4) is 0 Å². The lowest BCUT2D eigenvalue weighted by Gasteiger charge is -2.10. The minimum atomic E-state index is -0.745. The van der Waals surface area contributed by atoms with E-state index in [0.29, 0.717) is 6.61 Å². The molecular weight excluding hydrogens is 522 g/mol. The smallest absolute Gasteiger partial charge is 0.343 e. The van der Waals surface area contributed by atoms with Crippen LogP contribution in [0.4, 0.5) is 5.69 Å². The molecule has 0 amide bonds. The first-order valence-corrected chi connectivity index (χ1v) is 14.3. The zero-order valence-electron chi connectivity index (χ0n) is 24.1. The summed E-state index contributed by atoms with van der Waals surface area (Å²) < 4.78 is 16.4. The van der Waals surface area contributed by atoms with Gasteiger partial charge in [0.1, 0.15) is 5.75 Å². The van der Waals surface area contributed by atoms with Crippen LogP contribution in [-0.2, 0) is 4.74 Å². The summed E-state index contributed by atoms with van der Waals surface area (Å²) in [5.74, 6) is -0.670. The molecule has 0 saturated heterocycles. The number of benzene rings is 3. The molecule has 8 nitrogen and oxygen atoms in total. The van der Waals surface area contributed by atoms with Crippen LogP contribution in [0.15, 0.2) is 66.7 Å². The highest BCUT2D eigenvalue weighted by Crippen LogP contribution is 2.30. The van der Waals surface area contributed by atoms with Gasteiger partial charge in [0.15, 0.2) is 0 Å². The normalized spacial score (nSPS) is 11.5. The van der Waals surface area contributed by atoms with Crippen molar-refractivity contribution >= 4 is 17.6 Å². The molecule has 3 rings (SSSR count). The van der Waals surface area contributed by atoms with Gasteiger partial charge in [0.2, 0.25) is 5.75 Å². The summed E-state index contributed by atoms with van der Waals surface area (Å²) in [6.07, 6.45) is 8.13. The number of rotatable bonds is 16. The Morgan fingerprint density at radius 1 is 0.805 bits per heavy atom. The summed E-state index contributed by atoms with van der Waals surface area (Å²) in [5, 5.41) is 11.6. The lowest BCUT2D eigenvalue weighted by molar-refractivity contribution is -0.385. The summed E-state index contributed by atoms with van der Waals surface area (Å²) in [6.45, 7) is 7.04. The van der Waals surface area contributed by atoms with E-state index in [1.54, 1.807) is 24.3 Å². The van der Waals surface area contributed by atoms with Gasteiger partial charge in [-0.05, 0) is 59.9 Å². The molecule has 0 radical (unpaired) electrons. The first kappa shape index (κ1) is 31.3. The Labute approximate surface area is 241 Å². The Kier molecular flexibility index (Phi) is 12.3. The maximum atomic E-state index is 12.8. The van der Waals surface area contributed by atoms with Crippen LogP contribution >= 0.6 is 0 Å². The summed E-state index contributed by atoms with van der Waals surface area (Å²) in [5.41, 5.74) is 1.62. The number of nitro benzene ring substituents is 1. The Morgan fingerprint density at radius 2 is 1.41 bits per heavy atom. The van der Waals surface area contributed by atoms with E-state index in [9.17, 15) is 19.7 Å². The van der Waals surface area contributed by atoms with Gasteiger partial charge >= 0.3 is 17.6 Å². The van der Waals surface area contributed by atoms with Gasteiger partial charge in [-0.25, -0.2) is 9.59 Å². The van der Waals surface area contributed by atoms with Gasteiger partial charge in [-0.2, -0.15) is 0 Å².